The number of amides is 1. The molecule has 7 nitrogen and oxygen atoms in total. The number of benzene rings is 2. The molecule has 0 aliphatic rings. The summed E-state index contributed by atoms with van der Waals surface area (Å²) in [6, 6.07) is 12.2. The van der Waals surface area contributed by atoms with E-state index in [1.54, 1.807) is 18.2 Å². The summed E-state index contributed by atoms with van der Waals surface area (Å²) in [5.74, 6) is -2.34. The third kappa shape index (κ3) is 5.59. The number of anilines is 2. The number of esters is 2. The zero-order valence-corrected chi connectivity index (χ0v) is 14.0. The van der Waals surface area contributed by atoms with Gasteiger partial charge in [0.2, 0.25) is 0 Å². The molecule has 2 aromatic rings. The maximum atomic E-state index is 13.0. The second kappa shape index (κ2) is 9.16. The van der Waals surface area contributed by atoms with Gasteiger partial charge in [-0.3, -0.25) is 9.59 Å². The minimum atomic E-state index is -0.719. The number of nitrogens with one attached hydrogen (secondary N) is 2. The highest BCUT2D eigenvalue weighted by atomic mass is 19.1. The lowest BCUT2D eigenvalue weighted by Crippen LogP contribution is -2.33. The first-order chi connectivity index (χ1) is 12.5. The molecule has 0 aliphatic heterocycles. The van der Waals surface area contributed by atoms with Gasteiger partial charge in [0, 0.05) is 5.69 Å². The van der Waals surface area contributed by atoms with Crippen molar-refractivity contribution >= 4 is 29.2 Å². The smallest absolute Gasteiger partial charge is 0.340 e. The fourth-order valence-electron chi connectivity index (χ4n) is 1.96. The molecule has 0 heterocycles. The van der Waals surface area contributed by atoms with Crippen LogP contribution in [-0.2, 0) is 19.1 Å². The highest BCUT2D eigenvalue weighted by molar-refractivity contribution is 5.97. The monoisotopic (exact) mass is 360 g/mol. The van der Waals surface area contributed by atoms with Crippen molar-refractivity contribution in [2.75, 3.05) is 25.6 Å². The molecule has 0 aromatic heterocycles. The summed E-state index contributed by atoms with van der Waals surface area (Å²) in [5.41, 5.74) is 1.24. The normalized spacial score (nSPS) is 9.92. The Balaban J connectivity index is 1.97. The number of hydrogen-bond acceptors (Lipinski definition) is 6. The van der Waals surface area contributed by atoms with Gasteiger partial charge in [-0.15, -0.1) is 0 Å². The van der Waals surface area contributed by atoms with Gasteiger partial charge < -0.3 is 20.1 Å². The molecule has 0 radical (unpaired) electrons. The third-order valence-electron chi connectivity index (χ3n) is 3.26. The molecule has 0 spiro atoms. The summed E-state index contributed by atoms with van der Waals surface area (Å²) in [7, 11) is 1.19. The Morgan fingerprint density at radius 3 is 2.42 bits per heavy atom. The summed E-state index contributed by atoms with van der Waals surface area (Å²) in [6.45, 7) is -0.851. The van der Waals surface area contributed by atoms with Gasteiger partial charge in [0.15, 0.2) is 6.61 Å². The Morgan fingerprint density at radius 2 is 1.73 bits per heavy atom. The van der Waals surface area contributed by atoms with Gasteiger partial charge in [0.05, 0.1) is 18.4 Å². The molecule has 0 fully saturated rings. The van der Waals surface area contributed by atoms with Crippen molar-refractivity contribution in [3.05, 3.63) is 59.9 Å². The lowest BCUT2D eigenvalue weighted by Gasteiger charge is -2.12. The number of para-hydroxylation sites is 1. The van der Waals surface area contributed by atoms with Crippen LogP contribution in [0.5, 0.6) is 0 Å². The van der Waals surface area contributed by atoms with Gasteiger partial charge in [-0.25, -0.2) is 9.18 Å². The highest BCUT2D eigenvalue weighted by Gasteiger charge is 2.15. The van der Waals surface area contributed by atoms with Crippen LogP contribution < -0.4 is 10.6 Å². The van der Waals surface area contributed by atoms with Crippen molar-refractivity contribution in [2.24, 2.45) is 0 Å². The van der Waals surface area contributed by atoms with E-state index in [1.807, 2.05) is 0 Å². The molecular weight excluding hydrogens is 343 g/mol. The molecule has 2 N–H and O–H groups in total. The zero-order valence-electron chi connectivity index (χ0n) is 14.0. The second-order valence-corrected chi connectivity index (χ2v) is 5.11. The SMILES string of the molecule is COC(=O)CNC(=O)COC(=O)c1ccccc1Nc1ccc(F)cc1. The van der Waals surface area contributed by atoms with Crippen molar-refractivity contribution in [1.82, 2.24) is 5.32 Å². The Morgan fingerprint density at radius 1 is 1.04 bits per heavy atom. The van der Waals surface area contributed by atoms with Crippen LogP contribution >= 0.6 is 0 Å². The Kier molecular flexibility index (Phi) is 6.67. The van der Waals surface area contributed by atoms with Crippen LogP contribution in [0.3, 0.4) is 0 Å². The van der Waals surface area contributed by atoms with Crippen molar-refractivity contribution in [3.8, 4) is 0 Å². The van der Waals surface area contributed by atoms with Gasteiger partial charge in [0.25, 0.3) is 5.91 Å². The molecule has 136 valence electrons. The number of carbonyl (C=O) groups excluding carboxylic acids is 3. The Hall–Kier alpha value is -3.42. The maximum absolute atomic E-state index is 13.0. The molecule has 0 unspecified atom stereocenters. The average Bonchev–Trinajstić information content (AvgIpc) is 2.66. The number of hydrogen-bond donors (Lipinski definition) is 2. The lowest BCUT2D eigenvalue weighted by molar-refractivity contribution is -0.141. The van der Waals surface area contributed by atoms with E-state index >= 15 is 0 Å². The number of carbonyl (C=O) groups is 3. The first kappa shape index (κ1) is 18.9. The van der Waals surface area contributed by atoms with Gasteiger partial charge in [-0.1, -0.05) is 12.1 Å². The van der Waals surface area contributed by atoms with E-state index in [-0.39, 0.29) is 17.9 Å². The zero-order chi connectivity index (χ0) is 18.9. The average molecular weight is 360 g/mol. The summed E-state index contributed by atoms with van der Waals surface area (Å²) in [6.07, 6.45) is 0. The van der Waals surface area contributed by atoms with E-state index in [2.05, 4.69) is 15.4 Å². The molecule has 2 aromatic carbocycles. The largest absolute Gasteiger partial charge is 0.468 e. The highest BCUT2D eigenvalue weighted by Crippen LogP contribution is 2.21. The molecule has 26 heavy (non-hydrogen) atoms. The van der Waals surface area contributed by atoms with Crippen LogP contribution in [0.15, 0.2) is 48.5 Å². The predicted molar refractivity (Wildman–Crippen MR) is 91.4 cm³/mol. The molecule has 0 aliphatic carbocycles. The fourth-order valence-corrected chi connectivity index (χ4v) is 1.96. The van der Waals surface area contributed by atoms with Crippen LogP contribution in [0, 0.1) is 5.82 Å². The van der Waals surface area contributed by atoms with E-state index in [0.29, 0.717) is 11.4 Å². The molecule has 1 amide bonds. The van der Waals surface area contributed by atoms with E-state index in [4.69, 9.17) is 4.74 Å². The first-order valence-corrected chi connectivity index (χ1v) is 7.62. The van der Waals surface area contributed by atoms with Crippen LogP contribution in [-0.4, -0.2) is 38.1 Å². The molecule has 0 atom stereocenters. The standard InChI is InChI=1S/C18H17FN2O5/c1-25-17(23)10-20-16(22)11-26-18(24)14-4-2-3-5-15(14)21-13-8-6-12(19)7-9-13/h2-9,21H,10-11H2,1H3,(H,20,22). The Labute approximate surface area is 149 Å². The van der Waals surface area contributed by atoms with Crippen LogP contribution in [0.25, 0.3) is 0 Å². The first-order valence-electron chi connectivity index (χ1n) is 7.62. The van der Waals surface area contributed by atoms with Crippen molar-refractivity contribution < 1.29 is 28.2 Å². The molecular formula is C18H17FN2O5. The van der Waals surface area contributed by atoms with Gasteiger partial charge in [-0.05, 0) is 36.4 Å². The number of halogens is 1. The predicted octanol–water partition coefficient (Wildman–Crippen LogP) is 2.02. The molecule has 0 saturated heterocycles. The molecule has 0 saturated carbocycles. The minimum absolute atomic E-state index is 0.206. The summed E-state index contributed by atoms with van der Waals surface area (Å²) < 4.78 is 22.3. The van der Waals surface area contributed by atoms with E-state index in [9.17, 15) is 18.8 Å². The summed E-state index contributed by atoms with van der Waals surface area (Å²) in [4.78, 5) is 34.7. The summed E-state index contributed by atoms with van der Waals surface area (Å²) >= 11 is 0. The number of methoxy groups -OCH3 is 1. The van der Waals surface area contributed by atoms with E-state index in [1.165, 1.54) is 37.4 Å². The molecule has 0 bridgehead atoms. The quantitative estimate of drug-likeness (QED) is 0.734. The van der Waals surface area contributed by atoms with Gasteiger partial charge in [0.1, 0.15) is 12.4 Å². The summed E-state index contributed by atoms with van der Waals surface area (Å²) in [5, 5.41) is 5.24. The number of rotatable bonds is 7. The fraction of sp³-hybridized carbons (Fsp3) is 0.167. The van der Waals surface area contributed by atoms with Crippen molar-refractivity contribution in [3.63, 3.8) is 0 Å². The van der Waals surface area contributed by atoms with Crippen LogP contribution in [0.1, 0.15) is 10.4 Å². The van der Waals surface area contributed by atoms with Crippen LogP contribution in [0.4, 0.5) is 15.8 Å². The van der Waals surface area contributed by atoms with Crippen molar-refractivity contribution in [1.29, 1.82) is 0 Å². The van der Waals surface area contributed by atoms with Crippen molar-refractivity contribution in [2.45, 2.75) is 0 Å². The Bertz CT molecular complexity index is 792. The molecule has 8 heteroatoms. The van der Waals surface area contributed by atoms with Gasteiger partial charge in [-0.2, -0.15) is 0 Å². The third-order valence-corrected chi connectivity index (χ3v) is 3.26. The topological polar surface area (TPSA) is 93.7 Å². The molecule has 2 rings (SSSR count). The van der Waals surface area contributed by atoms with E-state index in [0.717, 1.165) is 0 Å². The second-order valence-electron chi connectivity index (χ2n) is 5.11. The minimum Gasteiger partial charge on any atom is -0.468 e. The van der Waals surface area contributed by atoms with E-state index < -0.39 is 24.5 Å². The number of ether oxygens (including phenoxy) is 2. The van der Waals surface area contributed by atoms with Crippen LogP contribution in [0.2, 0.25) is 0 Å². The lowest BCUT2D eigenvalue weighted by atomic mass is 10.1. The maximum Gasteiger partial charge on any atom is 0.340 e. The van der Waals surface area contributed by atoms with Gasteiger partial charge >= 0.3 is 11.9 Å².